The fraction of sp³-hybridized carbons (Fsp3) is 0. The normalized spacial score (nSPS) is 23.1. The molecule has 0 aromatic carbocycles. The third-order valence-electron chi connectivity index (χ3n) is 2.14. The molecule has 3 aliphatic rings. The first-order valence-corrected chi connectivity index (χ1v) is 11.4. The Kier molecular flexibility index (Phi) is 4.68. The molecule has 0 fully saturated rings. The predicted molar refractivity (Wildman–Crippen MR) is 53.9 cm³/mol. The van der Waals surface area contributed by atoms with Gasteiger partial charge < -0.3 is 0 Å². The molecule has 3 aliphatic heterocycles. The molecule has 0 saturated carbocycles. The Morgan fingerprint density at radius 2 is 1.39 bits per heavy atom. The molecule has 0 aromatic heterocycles. The first kappa shape index (κ1) is 13.0. The summed E-state index contributed by atoms with van der Waals surface area (Å²) in [7, 11) is 0. The molecule has 0 unspecified atom stereocenters. The molecular weight excluding hydrogens is 573 g/mol. The molecule has 3 heterocycles. The molecule has 18 heavy (non-hydrogen) atoms. The van der Waals surface area contributed by atoms with Crippen LogP contribution in [-0.4, -0.2) is 0 Å². The van der Waals surface area contributed by atoms with Gasteiger partial charge in [-0.3, -0.25) is 0 Å². The van der Waals surface area contributed by atoms with E-state index < -0.39 is 0 Å². The van der Waals surface area contributed by atoms with E-state index in [1.807, 2.05) is 18.2 Å². The maximum atomic E-state index is 5.84. The Bertz CT molecular complexity index is 527. The third-order valence-corrected chi connectivity index (χ3v) is 6.36. The van der Waals surface area contributed by atoms with Crippen molar-refractivity contribution in [3.05, 3.63) is 65.5 Å². The van der Waals surface area contributed by atoms with Gasteiger partial charge in [-0.2, -0.15) is 0 Å². The number of hydrogen-bond acceptors (Lipinski definition) is 3. The molecule has 0 N–H and O–H groups in total. The average molecular weight is 581 g/mol. The standard InChI is InChI=1S/C12H8I3O3/c1-3-10(16-13-6-1)9-5-8-15-18-12(9)11-4-2-7-14-17-11/h1-8H/q-3. The van der Waals surface area contributed by atoms with Crippen molar-refractivity contribution in [2.24, 2.45) is 0 Å². The SMILES string of the molecule is C1=C[I-]OC(C2=C(C3=CC=C[I-]O3)O[I-]C=C2)=C1. The summed E-state index contributed by atoms with van der Waals surface area (Å²) in [6, 6.07) is 0. The van der Waals surface area contributed by atoms with Crippen molar-refractivity contribution in [2.75, 3.05) is 0 Å². The fourth-order valence-corrected chi connectivity index (χ4v) is 5.08. The maximum absolute atomic E-state index is 5.84. The van der Waals surface area contributed by atoms with Crippen molar-refractivity contribution >= 4 is 0 Å². The Balaban J connectivity index is 2.00. The van der Waals surface area contributed by atoms with Gasteiger partial charge in [-0.05, 0) is 0 Å². The van der Waals surface area contributed by atoms with Crippen molar-refractivity contribution in [1.29, 1.82) is 0 Å². The number of allylic oxidation sites excluding steroid dienone is 5. The second kappa shape index (κ2) is 6.46. The predicted octanol–water partition coefficient (Wildman–Crippen LogP) is -6.35. The molecule has 6 heteroatoms. The van der Waals surface area contributed by atoms with E-state index in [9.17, 15) is 0 Å². The Hall–Kier alpha value is 0.0300. The zero-order valence-electron chi connectivity index (χ0n) is 8.98. The van der Waals surface area contributed by atoms with Crippen molar-refractivity contribution in [3.8, 4) is 0 Å². The molecule has 0 amide bonds. The molecule has 3 rings (SSSR count). The van der Waals surface area contributed by atoms with E-state index in [-0.39, 0.29) is 64.9 Å². The summed E-state index contributed by atoms with van der Waals surface area (Å²) in [6.07, 6.45) is 10.2. The summed E-state index contributed by atoms with van der Waals surface area (Å²) in [5, 5.41) is 0. The molecule has 0 saturated heterocycles. The van der Waals surface area contributed by atoms with Gasteiger partial charge in [-0.1, -0.05) is 0 Å². The van der Waals surface area contributed by atoms with E-state index in [4.69, 9.17) is 9.20 Å². The monoisotopic (exact) mass is 581 g/mol. The summed E-state index contributed by atoms with van der Waals surface area (Å²) in [5.74, 6) is 2.60. The van der Waals surface area contributed by atoms with Crippen LogP contribution in [0.2, 0.25) is 0 Å². The van der Waals surface area contributed by atoms with Gasteiger partial charge >= 0.3 is 140 Å². The topological polar surface area (TPSA) is 27.7 Å². The third kappa shape index (κ3) is 2.95. The molecule has 0 aliphatic carbocycles. The summed E-state index contributed by atoms with van der Waals surface area (Å²) < 4.78 is 23.6. The van der Waals surface area contributed by atoms with Gasteiger partial charge in [-0.25, -0.2) is 0 Å². The van der Waals surface area contributed by atoms with E-state index in [1.165, 1.54) is 0 Å². The van der Waals surface area contributed by atoms with Crippen LogP contribution in [0.15, 0.2) is 65.5 Å². The first-order chi connectivity index (χ1) is 8.95. The first-order valence-electron chi connectivity index (χ1n) is 5.01. The van der Waals surface area contributed by atoms with Crippen LogP contribution in [0.5, 0.6) is 0 Å². The molecule has 0 aromatic rings. The number of hydrogen-bond donors (Lipinski definition) is 0. The quantitative estimate of drug-likeness (QED) is 0.305. The van der Waals surface area contributed by atoms with Crippen LogP contribution in [0, 0.1) is 0 Å². The minimum atomic E-state index is -0.365. The van der Waals surface area contributed by atoms with Gasteiger partial charge in [0.25, 0.3) is 0 Å². The van der Waals surface area contributed by atoms with Gasteiger partial charge in [0.15, 0.2) is 0 Å². The molecule has 0 spiro atoms. The Morgan fingerprint density at radius 3 is 2.06 bits per heavy atom. The van der Waals surface area contributed by atoms with E-state index >= 15 is 0 Å². The Morgan fingerprint density at radius 1 is 0.722 bits per heavy atom. The van der Waals surface area contributed by atoms with Crippen LogP contribution in [-0.2, 0) is 9.20 Å². The van der Waals surface area contributed by atoms with E-state index in [2.05, 4.69) is 24.4 Å². The molecule has 0 atom stereocenters. The van der Waals surface area contributed by atoms with Crippen molar-refractivity contribution < 1.29 is 74.1 Å². The van der Waals surface area contributed by atoms with Gasteiger partial charge in [0.05, 0.1) is 0 Å². The van der Waals surface area contributed by atoms with Crippen molar-refractivity contribution in [2.45, 2.75) is 0 Å². The molecule has 3 nitrogen and oxygen atoms in total. The molecule has 98 valence electrons. The fourth-order valence-electron chi connectivity index (χ4n) is 1.39. The second-order valence-corrected chi connectivity index (χ2v) is 8.24. The summed E-state index contributed by atoms with van der Waals surface area (Å²) in [6.45, 7) is 0. The minimum absolute atomic E-state index is 0.321. The summed E-state index contributed by atoms with van der Waals surface area (Å²) in [4.78, 5) is 0. The number of rotatable bonds is 2. The molecular formula is C12H8I3O3-3. The summed E-state index contributed by atoms with van der Waals surface area (Å²) in [5.41, 5.74) is 1.01. The summed E-state index contributed by atoms with van der Waals surface area (Å²) >= 11 is -1.02. The second-order valence-electron chi connectivity index (χ2n) is 3.23. The van der Waals surface area contributed by atoms with E-state index in [1.54, 1.807) is 0 Å². The van der Waals surface area contributed by atoms with Gasteiger partial charge in [0, 0.05) is 0 Å². The van der Waals surface area contributed by atoms with Crippen LogP contribution >= 0.6 is 0 Å². The van der Waals surface area contributed by atoms with Crippen molar-refractivity contribution in [3.63, 3.8) is 0 Å². The van der Waals surface area contributed by atoms with Crippen LogP contribution in [0.25, 0.3) is 0 Å². The molecule has 0 bridgehead atoms. The van der Waals surface area contributed by atoms with Crippen LogP contribution in [0.1, 0.15) is 0 Å². The zero-order chi connectivity index (χ0) is 12.2. The van der Waals surface area contributed by atoms with E-state index in [0.717, 1.165) is 22.9 Å². The average Bonchev–Trinajstić information content (AvgIpc) is 2.49. The van der Waals surface area contributed by atoms with Crippen LogP contribution < -0.4 is 64.9 Å². The van der Waals surface area contributed by atoms with Gasteiger partial charge in [0.2, 0.25) is 0 Å². The van der Waals surface area contributed by atoms with Gasteiger partial charge in [0.1, 0.15) is 0 Å². The van der Waals surface area contributed by atoms with Crippen LogP contribution in [0.3, 0.4) is 0 Å². The van der Waals surface area contributed by atoms with Gasteiger partial charge in [-0.15, -0.1) is 0 Å². The van der Waals surface area contributed by atoms with Crippen LogP contribution in [0.4, 0.5) is 0 Å². The zero-order valence-corrected chi connectivity index (χ0v) is 15.4. The molecule has 0 radical (unpaired) electrons. The van der Waals surface area contributed by atoms with Crippen molar-refractivity contribution in [1.82, 2.24) is 0 Å². The Labute approximate surface area is 138 Å². The number of halogens is 3. The van der Waals surface area contributed by atoms with E-state index in [0.29, 0.717) is 0 Å².